The number of rotatable bonds is 4. The Hall–Kier alpha value is -1.32. The van der Waals surface area contributed by atoms with Gasteiger partial charge in [-0.25, -0.2) is 0 Å². The molecule has 0 unspecified atom stereocenters. The molecule has 3 rings (SSSR count). The quantitative estimate of drug-likeness (QED) is 0.766. The van der Waals surface area contributed by atoms with Crippen LogP contribution in [0.3, 0.4) is 0 Å². The zero-order valence-electron chi connectivity index (χ0n) is 10.5. The van der Waals surface area contributed by atoms with Crippen LogP contribution in [0.25, 0.3) is 10.4 Å². The normalized spacial score (nSPS) is 14.4. The highest BCUT2D eigenvalue weighted by molar-refractivity contribution is 7.17. The molecule has 0 atom stereocenters. The SMILES string of the molecule is COc1ccc(Cl)c(-c2ccc(C(=O)C3CC3)s2)c1. The molecule has 1 aliphatic rings. The van der Waals surface area contributed by atoms with Gasteiger partial charge in [0.05, 0.1) is 12.0 Å². The Kier molecular flexibility index (Phi) is 3.33. The van der Waals surface area contributed by atoms with E-state index in [4.69, 9.17) is 16.3 Å². The van der Waals surface area contributed by atoms with Gasteiger partial charge >= 0.3 is 0 Å². The predicted molar refractivity (Wildman–Crippen MR) is 78.4 cm³/mol. The van der Waals surface area contributed by atoms with Gasteiger partial charge in [0.15, 0.2) is 5.78 Å². The van der Waals surface area contributed by atoms with E-state index < -0.39 is 0 Å². The summed E-state index contributed by atoms with van der Waals surface area (Å²) in [6.07, 6.45) is 2.07. The maximum Gasteiger partial charge on any atom is 0.175 e. The monoisotopic (exact) mass is 292 g/mol. The number of methoxy groups -OCH3 is 1. The van der Waals surface area contributed by atoms with Crippen LogP contribution in [0.4, 0.5) is 0 Å². The van der Waals surface area contributed by atoms with Gasteiger partial charge in [0.25, 0.3) is 0 Å². The fraction of sp³-hybridized carbons (Fsp3) is 0.267. The van der Waals surface area contributed by atoms with E-state index >= 15 is 0 Å². The molecule has 0 spiro atoms. The molecule has 0 bridgehead atoms. The molecule has 0 amide bonds. The Morgan fingerprint density at radius 1 is 1.32 bits per heavy atom. The van der Waals surface area contributed by atoms with Gasteiger partial charge in [-0.2, -0.15) is 0 Å². The Morgan fingerprint density at radius 3 is 2.79 bits per heavy atom. The number of carbonyl (C=O) groups excluding carboxylic acids is 1. The smallest absolute Gasteiger partial charge is 0.175 e. The van der Waals surface area contributed by atoms with Crippen LogP contribution in [0, 0.1) is 5.92 Å². The van der Waals surface area contributed by atoms with Crippen LogP contribution in [-0.4, -0.2) is 12.9 Å². The average Bonchev–Trinajstić information content (AvgIpc) is 3.16. The van der Waals surface area contributed by atoms with Crippen molar-refractivity contribution < 1.29 is 9.53 Å². The standard InChI is InChI=1S/C15H13ClO2S/c1-18-10-4-5-12(16)11(8-10)13-6-7-14(19-13)15(17)9-2-3-9/h4-9H,2-3H2,1H3. The lowest BCUT2D eigenvalue weighted by atomic mass is 10.1. The number of benzene rings is 1. The number of ketones is 1. The molecule has 19 heavy (non-hydrogen) atoms. The van der Waals surface area contributed by atoms with Gasteiger partial charge < -0.3 is 4.74 Å². The lowest BCUT2D eigenvalue weighted by molar-refractivity contribution is 0.0971. The Balaban J connectivity index is 1.95. The molecule has 1 aliphatic carbocycles. The molecular weight excluding hydrogens is 280 g/mol. The molecule has 1 saturated carbocycles. The molecule has 1 heterocycles. The molecule has 2 nitrogen and oxygen atoms in total. The minimum Gasteiger partial charge on any atom is -0.497 e. The van der Waals surface area contributed by atoms with Crippen molar-refractivity contribution in [3.05, 3.63) is 40.2 Å². The zero-order valence-corrected chi connectivity index (χ0v) is 12.1. The first kappa shape index (κ1) is 12.7. The van der Waals surface area contributed by atoms with Gasteiger partial charge in [-0.15, -0.1) is 11.3 Å². The number of hydrogen-bond acceptors (Lipinski definition) is 3. The summed E-state index contributed by atoms with van der Waals surface area (Å²) in [6, 6.07) is 9.41. The summed E-state index contributed by atoms with van der Waals surface area (Å²) in [5, 5.41) is 0.674. The highest BCUT2D eigenvalue weighted by Gasteiger charge is 2.31. The number of Topliss-reactive ketones (excluding diaryl/α,β-unsaturated/α-hetero) is 1. The van der Waals surface area contributed by atoms with Crippen LogP contribution in [0.15, 0.2) is 30.3 Å². The van der Waals surface area contributed by atoms with Crippen LogP contribution in [0.2, 0.25) is 5.02 Å². The van der Waals surface area contributed by atoms with E-state index in [-0.39, 0.29) is 11.7 Å². The molecule has 1 aromatic heterocycles. The second-order valence-electron chi connectivity index (χ2n) is 4.65. The van der Waals surface area contributed by atoms with Crippen LogP contribution in [-0.2, 0) is 0 Å². The first-order chi connectivity index (χ1) is 9.19. The Morgan fingerprint density at radius 2 is 2.11 bits per heavy atom. The molecule has 0 radical (unpaired) electrons. The number of carbonyl (C=O) groups is 1. The third kappa shape index (κ3) is 2.53. The molecular formula is C15H13ClO2S. The summed E-state index contributed by atoms with van der Waals surface area (Å²) in [6.45, 7) is 0. The summed E-state index contributed by atoms with van der Waals surface area (Å²) >= 11 is 7.72. The first-order valence-electron chi connectivity index (χ1n) is 6.17. The van der Waals surface area contributed by atoms with E-state index in [0.29, 0.717) is 5.02 Å². The van der Waals surface area contributed by atoms with Gasteiger partial charge in [-0.05, 0) is 43.2 Å². The van der Waals surface area contributed by atoms with E-state index in [1.807, 2.05) is 30.3 Å². The summed E-state index contributed by atoms with van der Waals surface area (Å²) < 4.78 is 5.21. The maximum atomic E-state index is 12.0. The van der Waals surface area contributed by atoms with Crippen LogP contribution in [0.1, 0.15) is 22.5 Å². The largest absolute Gasteiger partial charge is 0.497 e. The third-order valence-corrected chi connectivity index (χ3v) is 4.70. The summed E-state index contributed by atoms with van der Waals surface area (Å²) in [7, 11) is 1.63. The highest BCUT2D eigenvalue weighted by atomic mass is 35.5. The fourth-order valence-electron chi connectivity index (χ4n) is 1.98. The Labute approximate surface area is 121 Å². The third-order valence-electron chi connectivity index (χ3n) is 3.24. The molecule has 2 aromatic rings. The van der Waals surface area contributed by atoms with Crippen LogP contribution >= 0.6 is 22.9 Å². The van der Waals surface area contributed by atoms with Gasteiger partial charge in [0, 0.05) is 21.4 Å². The van der Waals surface area contributed by atoms with Crippen molar-refractivity contribution in [3.63, 3.8) is 0 Å². The lowest BCUT2D eigenvalue weighted by Gasteiger charge is -2.04. The molecule has 1 fully saturated rings. The lowest BCUT2D eigenvalue weighted by Crippen LogP contribution is -1.96. The van der Waals surface area contributed by atoms with Gasteiger partial charge in [-0.1, -0.05) is 11.6 Å². The minimum atomic E-state index is 0.257. The van der Waals surface area contributed by atoms with E-state index in [1.54, 1.807) is 7.11 Å². The number of hydrogen-bond donors (Lipinski definition) is 0. The van der Waals surface area contributed by atoms with E-state index in [2.05, 4.69) is 0 Å². The van der Waals surface area contributed by atoms with Crippen molar-refractivity contribution in [1.29, 1.82) is 0 Å². The van der Waals surface area contributed by atoms with Crippen molar-refractivity contribution in [1.82, 2.24) is 0 Å². The first-order valence-corrected chi connectivity index (χ1v) is 7.36. The topological polar surface area (TPSA) is 26.3 Å². The van der Waals surface area contributed by atoms with Crippen molar-refractivity contribution in [2.24, 2.45) is 5.92 Å². The molecule has 98 valence electrons. The number of ether oxygens (including phenoxy) is 1. The van der Waals surface area contributed by atoms with Gasteiger partial charge in [0.2, 0.25) is 0 Å². The van der Waals surface area contributed by atoms with E-state index in [9.17, 15) is 4.79 Å². The van der Waals surface area contributed by atoms with Gasteiger partial charge in [-0.3, -0.25) is 4.79 Å². The van der Waals surface area contributed by atoms with Crippen molar-refractivity contribution in [2.75, 3.05) is 7.11 Å². The van der Waals surface area contributed by atoms with Crippen molar-refractivity contribution >= 4 is 28.7 Å². The summed E-state index contributed by atoms with van der Waals surface area (Å²) in [5.74, 6) is 1.30. The number of thiophene rings is 1. The van der Waals surface area contributed by atoms with Crippen LogP contribution in [0.5, 0.6) is 5.75 Å². The summed E-state index contributed by atoms with van der Waals surface area (Å²) in [4.78, 5) is 13.8. The summed E-state index contributed by atoms with van der Waals surface area (Å²) in [5.41, 5.74) is 0.917. The average molecular weight is 293 g/mol. The van der Waals surface area contributed by atoms with Crippen LogP contribution < -0.4 is 4.74 Å². The van der Waals surface area contributed by atoms with Crippen molar-refractivity contribution in [3.8, 4) is 16.2 Å². The minimum absolute atomic E-state index is 0.257. The molecule has 0 aliphatic heterocycles. The van der Waals surface area contributed by atoms with Gasteiger partial charge in [0.1, 0.15) is 5.75 Å². The second-order valence-corrected chi connectivity index (χ2v) is 6.14. The van der Waals surface area contributed by atoms with E-state index in [0.717, 1.165) is 33.9 Å². The fourth-order valence-corrected chi connectivity index (χ4v) is 3.31. The molecule has 0 N–H and O–H groups in total. The molecule has 4 heteroatoms. The second kappa shape index (κ2) is 4.99. The number of halogens is 1. The molecule has 1 aromatic carbocycles. The molecule has 0 saturated heterocycles. The zero-order chi connectivity index (χ0) is 13.4. The van der Waals surface area contributed by atoms with Crippen molar-refractivity contribution in [2.45, 2.75) is 12.8 Å². The van der Waals surface area contributed by atoms with E-state index in [1.165, 1.54) is 11.3 Å². The highest BCUT2D eigenvalue weighted by Crippen LogP contribution is 2.39. The Bertz CT molecular complexity index is 629. The maximum absolute atomic E-state index is 12.0. The predicted octanol–water partition coefficient (Wildman–Crippen LogP) is 4.67.